The van der Waals surface area contributed by atoms with E-state index in [4.69, 9.17) is 5.11 Å². The molecule has 6 N–H and O–H groups in total. The zero-order valence-corrected chi connectivity index (χ0v) is 13.3. The van der Waals surface area contributed by atoms with Crippen LogP contribution < -0.4 is 16.0 Å². The molecule has 0 aliphatic carbocycles. The molecule has 0 saturated heterocycles. The third kappa shape index (κ3) is 6.71. The van der Waals surface area contributed by atoms with Crippen LogP contribution in [0.5, 0.6) is 0 Å². The fraction of sp³-hybridized carbons (Fsp3) is 0.615. The van der Waals surface area contributed by atoms with Gasteiger partial charge in [-0.2, -0.15) is 0 Å². The second-order valence-electron chi connectivity index (χ2n) is 5.09. The van der Waals surface area contributed by atoms with Crippen molar-refractivity contribution in [3.8, 4) is 0 Å². The van der Waals surface area contributed by atoms with Crippen molar-refractivity contribution in [3.05, 3.63) is 0 Å². The van der Waals surface area contributed by atoms with Crippen molar-refractivity contribution in [1.82, 2.24) is 16.0 Å². The zero-order chi connectivity index (χ0) is 19.0. The minimum atomic E-state index is -2.15. The highest BCUT2D eigenvalue weighted by Gasteiger charge is 2.37. The van der Waals surface area contributed by atoms with E-state index in [1.54, 1.807) is 0 Å². The van der Waals surface area contributed by atoms with Gasteiger partial charge in [-0.05, 0) is 6.92 Å². The first-order chi connectivity index (χ1) is 11.0. The average Bonchev–Trinajstić information content (AvgIpc) is 2.48. The highest BCUT2D eigenvalue weighted by Crippen LogP contribution is 2.06. The molecular formula is C13H21N3O8. The van der Waals surface area contributed by atoms with Gasteiger partial charge in [0.25, 0.3) is 5.91 Å². The molecule has 24 heavy (non-hydrogen) atoms. The number of carboxylic acids is 1. The van der Waals surface area contributed by atoms with Gasteiger partial charge in [0, 0.05) is 13.8 Å². The number of aliphatic carboxylic acids is 1. The van der Waals surface area contributed by atoms with Crippen LogP contribution in [0, 0.1) is 0 Å². The van der Waals surface area contributed by atoms with Crippen molar-refractivity contribution in [3.63, 3.8) is 0 Å². The smallest absolute Gasteiger partial charge is 0.325 e. The van der Waals surface area contributed by atoms with E-state index >= 15 is 0 Å². The second-order valence-corrected chi connectivity index (χ2v) is 5.09. The van der Waals surface area contributed by atoms with Gasteiger partial charge in [-0.1, -0.05) is 0 Å². The van der Waals surface area contributed by atoms with E-state index < -0.39 is 54.0 Å². The summed E-state index contributed by atoms with van der Waals surface area (Å²) >= 11 is 0. The SMILES string of the molecule is CC(=O)N[C@@H]([C@H](O)[C@H](O)C(=O)N[C@@H](C)C(=O)O)[C@@H](C=O)NC(C)=O. The summed E-state index contributed by atoms with van der Waals surface area (Å²) in [5.74, 6) is -3.93. The van der Waals surface area contributed by atoms with Crippen LogP contribution in [0.2, 0.25) is 0 Å². The lowest BCUT2D eigenvalue weighted by molar-refractivity contribution is -0.146. The third-order valence-electron chi connectivity index (χ3n) is 2.96. The van der Waals surface area contributed by atoms with Crippen molar-refractivity contribution in [2.75, 3.05) is 0 Å². The summed E-state index contributed by atoms with van der Waals surface area (Å²) in [6, 6.07) is -4.26. The Labute approximate surface area is 137 Å². The standard InChI is InChI=1S/C13H21N3O8/c1-5(13(23)24)14-12(22)11(21)10(20)9(16-7(3)19)8(4-17)15-6(2)18/h4-5,8-11,20-21H,1-3H3,(H,14,22)(H,15,18)(H,16,19)(H,23,24)/t5-,8+,9+,10-,11-/m0/s1. The van der Waals surface area contributed by atoms with Gasteiger partial charge in [0.05, 0.1) is 6.04 Å². The number of hydrogen-bond acceptors (Lipinski definition) is 7. The molecule has 0 aliphatic rings. The van der Waals surface area contributed by atoms with Crippen LogP contribution >= 0.6 is 0 Å². The van der Waals surface area contributed by atoms with E-state index in [1.165, 1.54) is 0 Å². The van der Waals surface area contributed by atoms with E-state index in [0.717, 1.165) is 20.8 Å². The zero-order valence-electron chi connectivity index (χ0n) is 13.3. The minimum absolute atomic E-state index is 0.218. The summed E-state index contributed by atoms with van der Waals surface area (Å²) in [5, 5.41) is 34.9. The fourth-order valence-electron chi connectivity index (χ4n) is 1.78. The molecule has 136 valence electrons. The van der Waals surface area contributed by atoms with Gasteiger partial charge < -0.3 is 36.1 Å². The van der Waals surface area contributed by atoms with E-state index in [2.05, 4.69) is 10.6 Å². The maximum atomic E-state index is 11.7. The average molecular weight is 347 g/mol. The first kappa shape index (κ1) is 21.5. The van der Waals surface area contributed by atoms with Gasteiger partial charge in [0.15, 0.2) is 6.10 Å². The van der Waals surface area contributed by atoms with E-state index in [-0.39, 0.29) is 6.29 Å². The lowest BCUT2D eigenvalue weighted by Gasteiger charge is -2.31. The van der Waals surface area contributed by atoms with Crippen LogP contribution in [0.1, 0.15) is 20.8 Å². The highest BCUT2D eigenvalue weighted by molar-refractivity contribution is 5.86. The van der Waals surface area contributed by atoms with Crippen molar-refractivity contribution in [1.29, 1.82) is 0 Å². The Hall–Kier alpha value is -2.53. The van der Waals surface area contributed by atoms with Gasteiger partial charge in [-0.3, -0.25) is 19.2 Å². The molecule has 0 spiro atoms. The first-order valence-corrected chi connectivity index (χ1v) is 6.90. The molecule has 0 radical (unpaired) electrons. The summed E-state index contributed by atoms with van der Waals surface area (Å²) in [6.45, 7) is 3.29. The maximum absolute atomic E-state index is 11.7. The normalized spacial score (nSPS) is 16.7. The Balaban J connectivity index is 5.27. The van der Waals surface area contributed by atoms with Crippen LogP contribution in [-0.4, -0.2) is 75.6 Å². The lowest BCUT2D eigenvalue weighted by Crippen LogP contribution is -2.62. The monoisotopic (exact) mass is 347 g/mol. The van der Waals surface area contributed by atoms with Gasteiger partial charge in [0.1, 0.15) is 24.5 Å². The minimum Gasteiger partial charge on any atom is -0.480 e. The van der Waals surface area contributed by atoms with Crippen LogP contribution in [0.25, 0.3) is 0 Å². The number of aldehydes is 1. The molecule has 0 rings (SSSR count). The van der Waals surface area contributed by atoms with Gasteiger partial charge in [-0.15, -0.1) is 0 Å². The molecule has 0 bridgehead atoms. The number of aliphatic hydroxyl groups is 2. The molecule has 0 fully saturated rings. The number of carbonyl (C=O) groups is 5. The molecule has 11 heteroatoms. The summed E-state index contributed by atoms with van der Waals surface area (Å²) in [6.07, 6.45) is -3.92. The number of carbonyl (C=O) groups excluding carboxylic acids is 4. The van der Waals surface area contributed by atoms with Gasteiger partial charge in [0.2, 0.25) is 11.8 Å². The molecule has 0 saturated carbocycles. The summed E-state index contributed by atoms with van der Waals surface area (Å²) in [5.41, 5.74) is 0. The largest absolute Gasteiger partial charge is 0.480 e. The Morgan fingerprint density at radius 1 is 0.958 bits per heavy atom. The number of hydrogen-bond donors (Lipinski definition) is 6. The van der Waals surface area contributed by atoms with Crippen LogP contribution in [0.4, 0.5) is 0 Å². The van der Waals surface area contributed by atoms with Crippen LogP contribution in [0.15, 0.2) is 0 Å². The predicted molar refractivity (Wildman–Crippen MR) is 78.5 cm³/mol. The molecule has 0 heterocycles. The molecule has 11 nitrogen and oxygen atoms in total. The molecule has 0 aromatic carbocycles. The molecule has 0 aliphatic heterocycles. The van der Waals surface area contributed by atoms with Crippen molar-refractivity contribution >= 4 is 30.0 Å². The Morgan fingerprint density at radius 2 is 1.46 bits per heavy atom. The predicted octanol–water partition coefficient (Wildman–Crippen LogP) is -3.49. The molecule has 5 atom stereocenters. The number of rotatable bonds is 9. The molecule has 0 aromatic rings. The number of nitrogens with one attached hydrogen (secondary N) is 3. The lowest BCUT2D eigenvalue weighted by atomic mass is 9.97. The first-order valence-electron chi connectivity index (χ1n) is 6.90. The number of amides is 3. The summed E-state index contributed by atoms with van der Waals surface area (Å²) in [4.78, 5) is 55.8. The van der Waals surface area contributed by atoms with Crippen LogP contribution in [0.3, 0.4) is 0 Å². The van der Waals surface area contributed by atoms with Crippen molar-refractivity contribution < 1.29 is 39.3 Å². The highest BCUT2D eigenvalue weighted by atomic mass is 16.4. The van der Waals surface area contributed by atoms with Crippen molar-refractivity contribution in [2.45, 2.75) is 51.1 Å². The van der Waals surface area contributed by atoms with Crippen LogP contribution in [-0.2, 0) is 24.0 Å². The fourth-order valence-corrected chi connectivity index (χ4v) is 1.78. The molecule has 0 aromatic heterocycles. The van der Waals surface area contributed by atoms with Gasteiger partial charge in [-0.25, -0.2) is 0 Å². The summed E-state index contributed by atoms with van der Waals surface area (Å²) < 4.78 is 0. The topological polar surface area (TPSA) is 182 Å². The third-order valence-corrected chi connectivity index (χ3v) is 2.96. The quantitative estimate of drug-likeness (QED) is 0.232. The summed E-state index contributed by atoms with van der Waals surface area (Å²) in [7, 11) is 0. The molecule has 3 amide bonds. The van der Waals surface area contributed by atoms with E-state index in [9.17, 15) is 34.2 Å². The molecule has 0 unspecified atom stereocenters. The number of carboxylic acid groups (broad SMARTS) is 1. The van der Waals surface area contributed by atoms with E-state index in [1.807, 2.05) is 5.32 Å². The number of aliphatic hydroxyl groups excluding tert-OH is 2. The van der Waals surface area contributed by atoms with Gasteiger partial charge >= 0.3 is 5.97 Å². The van der Waals surface area contributed by atoms with Crippen molar-refractivity contribution in [2.24, 2.45) is 0 Å². The Kier molecular flexibility index (Phi) is 8.56. The molecular weight excluding hydrogens is 326 g/mol. The second kappa shape index (κ2) is 9.57. The van der Waals surface area contributed by atoms with E-state index in [0.29, 0.717) is 0 Å². The Morgan fingerprint density at radius 3 is 1.83 bits per heavy atom. The Bertz CT molecular complexity index is 509. The maximum Gasteiger partial charge on any atom is 0.325 e.